The Labute approximate surface area is 827 Å². The summed E-state index contributed by atoms with van der Waals surface area (Å²) in [4.78, 5) is 101. The number of non-ortho nitro benzene ring substituents is 2. The third kappa shape index (κ3) is 30.3. The first-order valence-corrected chi connectivity index (χ1v) is 43.6. The average molecular weight is 2030 g/mol. The zero-order valence-electron chi connectivity index (χ0n) is 68.6. The van der Waals surface area contributed by atoms with Crippen LogP contribution in [0.2, 0.25) is 60.3 Å². The number of anilines is 4. The zero-order valence-corrected chi connectivity index (χ0v) is 81.3. The summed E-state index contributed by atoms with van der Waals surface area (Å²) in [5.41, 5.74) is 18.9. The van der Waals surface area contributed by atoms with E-state index in [-0.39, 0.29) is 99.2 Å². The molecule has 27 nitrogen and oxygen atoms in total. The van der Waals surface area contributed by atoms with Gasteiger partial charge in [-0.15, -0.1) is 0 Å². The Bertz CT molecular complexity index is 5570. The molecule has 5 amide bonds. The fourth-order valence-corrected chi connectivity index (χ4v) is 16.2. The van der Waals surface area contributed by atoms with Gasteiger partial charge in [-0.1, -0.05) is 198 Å². The van der Waals surface area contributed by atoms with E-state index < -0.39 is 30.6 Å². The predicted molar refractivity (Wildman–Crippen MR) is 504 cm³/mol. The van der Waals surface area contributed by atoms with E-state index in [2.05, 4.69) is 54.4 Å². The van der Waals surface area contributed by atoms with Crippen molar-refractivity contribution >= 4 is 235 Å². The molecule has 670 valence electrons. The number of nitrogens with two attached hydrogens (primary N) is 2. The minimum absolute atomic E-state index is 0. The summed E-state index contributed by atoms with van der Waals surface area (Å²) < 4.78 is 12.8. The molecule has 9 aromatic rings. The van der Waals surface area contributed by atoms with Gasteiger partial charge in [0.25, 0.3) is 17.3 Å². The number of fused-ring (bicyclic) bond motifs is 1. The van der Waals surface area contributed by atoms with Crippen molar-refractivity contribution in [2.24, 2.45) is 4.99 Å². The quantitative estimate of drug-likeness (QED) is 0.00732. The molecule has 3 unspecified atom stereocenters. The van der Waals surface area contributed by atoms with Crippen LogP contribution in [0.25, 0.3) is 0 Å². The molecule has 4 saturated heterocycles. The maximum Gasteiger partial charge on any atom is 1.00 e. The molecule has 0 bridgehead atoms. The number of nitriles is 3. The van der Waals surface area contributed by atoms with Crippen LogP contribution in [0, 0.1) is 88.8 Å². The van der Waals surface area contributed by atoms with Crippen LogP contribution in [0.4, 0.5) is 49.4 Å². The summed E-state index contributed by atoms with van der Waals surface area (Å²) in [5.74, 6) is -0.107. The number of imide groups is 1. The van der Waals surface area contributed by atoms with Crippen molar-refractivity contribution in [2.75, 3.05) is 41.3 Å². The first-order chi connectivity index (χ1) is 59.4. The molecule has 0 saturated carbocycles. The van der Waals surface area contributed by atoms with Gasteiger partial charge in [-0.3, -0.25) is 38.9 Å². The third-order valence-electron chi connectivity index (χ3n) is 20.2. The van der Waals surface area contributed by atoms with E-state index in [9.17, 15) is 53.2 Å². The number of nitrogens with zero attached hydrogens (tertiary/aromatic N) is 9. The van der Waals surface area contributed by atoms with Gasteiger partial charge < -0.3 is 36.1 Å². The summed E-state index contributed by atoms with van der Waals surface area (Å²) >= 11 is 74.2. The topological polar surface area (TPSA) is 414 Å². The van der Waals surface area contributed by atoms with Crippen molar-refractivity contribution in [1.29, 1.82) is 15.8 Å². The van der Waals surface area contributed by atoms with Crippen molar-refractivity contribution in [3.8, 4) is 18.2 Å². The van der Waals surface area contributed by atoms with Crippen LogP contribution >= 0.6 is 139 Å². The van der Waals surface area contributed by atoms with Crippen LogP contribution in [0.15, 0.2) is 151 Å². The largest absolute Gasteiger partial charge is 1.00 e. The fourth-order valence-electron chi connectivity index (χ4n) is 13.2. The number of hydrogen-bond acceptors (Lipinski definition) is 23. The molecule has 7 N–H and O–H groups in total. The number of nitrogens with one attached hydrogen (secondary N) is 2. The SMILES string of the molecule is C.CC(=O)C1(Cc2ccc(C#N)cc2)CCCN1.CC(=O)C1(Cc2ccc(C#N)cc2)CCCN1C(=O)Nc1cc(Cl)c(C)c(Cl)c1.Cc1c(Cl)cc(N)cc1Cl.Cc1c(Cl)cc(N2C(=O)N3CCCC3(Cc3ccc(C#N)cc3)C2=O)cc1Cl.Cc1c(Cl)cc(N=C=O)cc1Cl.Cc1c(Cl)cc([N+](=O)[O-])cc1Cl.Nc1c(Cl)cc([N+](=O)[O-])cc1Cl.O=[S-](=S)OOO.[Na+]. The van der Waals surface area contributed by atoms with Gasteiger partial charge in [0.1, 0.15) is 16.9 Å². The van der Waals surface area contributed by atoms with E-state index in [1.165, 1.54) is 30.0 Å². The monoisotopic (exact) mass is 2030 g/mol. The summed E-state index contributed by atoms with van der Waals surface area (Å²) in [6, 6.07) is 45.1. The number of aliphatic imine (C=N–C) groups is 1. The van der Waals surface area contributed by atoms with E-state index in [4.69, 9.17) is 172 Å². The molecule has 0 spiro atoms. The molecular weight excluding hydrogens is 1950 g/mol. The molecule has 4 aliphatic heterocycles. The minimum Gasteiger partial charge on any atom is -0.422 e. The number of carbonyl (C=O) groups is 5. The summed E-state index contributed by atoms with van der Waals surface area (Å²) in [6.07, 6.45) is 7.59. The second-order valence-corrected chi connectivity index (χ2v) is 34.5. The van der Waals surface area contributed by atoms with Crippen LogP contribution in [0.3, 0.4) is 0 Å². The van der Waals surface area contributed by atoms with Gasteiger partial charge >= 0.3 is 41.6 Å². The minimum atomic E-state index is -1.95. The maximum absolute atomic E-state index is 13.5. The van der Waals surface area contributed by atoms with Gasteiger partial charge in [-0.05, 0) is 229 Å². The Morgan fingerprint density at radius 3 is 1.32 bits per heavy atom. The number of likely N-dealkylation sites (tertiary alicyclic amines) is 1. The molecule has 42 heteroatoms. The number of ketones is 2. The number of amides is 5. The number of nitro groups is 2. The van der Waals surface area contributed by atoms with Crippen molar-refractivity contribution in [1.82, 2.24) is 15.1 Å². The molecule has 9 aromatic carbocycles. The Balaban J connectivity index is 0.000000320. The maximum atomic E-state index is 13.5. The van der Waals surface area contributed by atoms with Crippen molar-refractivity contribution in [3.63, 3.8) is 0 Å². The van der Waals surface area contributed by atoms with Gasteiger partial charge in [-0.25, -0.2) is 35.7 Å². The molecule has 13 rings (SSSR count). The second kappa shape index (κ2) is 51.9. The summed E-state index contributed by atoms with van der Waals surface area (Å²) in [6.45, 7) is 14.0. The molecule has 0 aromatic heterocycles. The Hall–Kier alpha value is -8.53. The van der Waals surface area contributed by atoms with E-state index in [0.29, 0.717) is 146 Å². The molecule has 4 fully saturated rings. The van der Waals surface area contributed by atoms with Crippen LogP contribution in [0.1, 0.15) is 121 Å². The number of hydrogen-bond donors (Lipinski definition) is 5. The number of Topliss-reactive ketones (excluding diaryl/α,β-unsaturated/α-hetero) is 2. The number of rotatable bonds is 15. The number of halogens is 12. The van der Waals surface area contributed by atoms with E-state index >= 15 is 0 Å². The van der Waals surface area contributed by atoms with Crippen LogP contribution in [-0.4, -0.2) is 96.8 Å². The Kier molecular flexibility index (Phi) is 45.3. The number of nitro benzene ring substituents is 2. The molecule has 0 radical (unpaired) electrons. The van der Waals surface area contributed by atoms with Gasteiger partial charge in [-0.2, -0.15) is 20.8 Å². The molecule has 4 heterocycles. The predicted octanol–water partition coefficient (Wildman–Crippen LogP) is 21.1. The van der Waals surface area contributed by atoms with E-state index in [1.54, 1.807) is 129 Å². The summed E-state index contributed by atoms with van der Waals surface area (Å²) in [5, 5.41) is 68.4. The number of nitrogen functional groups attached to an aromatic ring is 2. The van der Waals surface area contributed by atoms with Gasteiger partial charge in [0.05, 0.1) is 87.4 Å². The standard InChI is InChI=1S/C22H21Cl2N3O2.C21H17Cl2N3O2.C14H16N2O.C8H5Cl2NO.C7H5Cl2NO2.C7H7Cl2N.C6H4Cl2N2O2.CH4.Na.HO4S2/c1-14-19(23)10-18(11-20(14)24)26-21(29)27-9-3-8-22(27,15(2)28)12-16-4-6-17(13-25)7-5-16;1-13-17(22)9-16(10-18(13)23)26-19(27)21(7-2-8-25(21)20(26)28)11-14-3-5-15(12-24)6-4-14;1-11(17)14(7-2-8-16-14)9-12-3-5-13(10-15)6-4-12;1-5-7(9)2-6(11-4-12)3-8(5)10;1-4-6(8)2-5(10(11)12)3-7(4)9;1-4-6(8)2-5(10)3-7(4)9;7-4-1-3(10(11)12)2-5(8)6(4)9;;;1-3-4-6(2)5/h4-7,10-11H,3,8-9,12H2,1-2H3,(H,26,29);3-6,9-10H,2,7-8,11H2,1H3;3-6,16H,2,7-9H2,1H3;2*2-3H,1H3;2-3H,10H2,1H3;1-2H,9H2;1H4;;1H/q;;;;;;;;+1;-1. The van der Waals surface area contributed by atoms with Crippen molar-refractivity contribution in [3.05, 3.63) is 287 Å². The smallest absolute Gasteiger partial charge is 0.422 e. The van der Waals surface area contributed by atoms with Gasteiger partial charge in [0.2, 0.25) is 6.08 Å². The first-order valence-electron chi connectivity index (χ1n) is 37.1. The van der Waals surface area contributed by atoms with Crippen LogP contribution < -0.4 is 56.6 Å². The molecular formula is C86H80Cl12N13NaO14S2. The number of benzene rings is 9. The Morgan fingerprint density at radius 2 is 0.953 bits per heavy atom. The number of carbonyl (C=O) groups excluding carboxylic acids is 6. The molecule has 4 aliphatic rings. The van der Waals surface area contributed by atoms with Crippen molar-refractivity contribution < 1.29 is 87.0 Å². The van der Waals surface area contributed by atoms with Crippen LogP contribution in [0.5, 0.6) is 0 Å². The fraction of sp³-hybridized carbons (Fsp3) is 0.267. The number of isocyanates is 1. The third-order valence-corrected chi connectivity index (χ3v) is 25.1. The molecule has 128 heavy (non-hydrogen) atoms. The van der Waals surface area contributed by atoms with E-state index in [1.807, 2.05) is 43.3 Å². The average Bonchev–Trinajstić information content (AvgIpc) is 1.56. The Morgan fingerprint density at radius 1 is 0.570 bits per heavy atom. The number of urea groups is 2. The summed E-state index contributed by atoms with van der Waals surface area (Å²) in [7, 11) is -1.95. The van der Waals surface area contributed by atoms with Gasteiger partial charge in [0.15, 0.2) is 5.78 Å². The normalized spacial score (nSPS) is 15.8. The zero-order chi connectivity index (χ0) is 94.0. The van der Waals surface area contributed by atoms with Crippen LogP contribution in [-0.2, 0) is 72.8 Å². The molecule has 0 aliphatic carbocycles. The van der Waals surface area contributed by atoms with Gasteiger partial charge in [0, 0.05) is 102 Å². The second-order valence-electron chi connectivity index (χ2n) is 28.3. The van der Waals surface area contributed by atoms with E-state index in [0.717, 1.165) is 77.7 Å². The molecule has 3 atom stereocenters. The first kappa shape index (κ1) is 112. The van der Waals surface area contributed by atoms with Crippen molar-refractivity contribution in [2.45, 2.75) is 130 Å².